The maximum absolute atomic E-state index is 12.7. The zero-order valence-electron chi connectivity index (χ0n) is 16.7. The van der Waals surface area contributed by atoms with Gasteiger partial charge in [0.2, 0.25) is 5.91 Å². The van der Waals surface area contributed by atoms with E-state index in [1.54, 1.807) is 6.20 Å². The van der Waals surface area contributed by atoms with Crippen LogP contribution in [0.15, 0.2) is 60.8 Å². The molecule has 0 saturated carbocycles. The molecule has 1 fully saturated rings. The molecule has 0 radical (unpaired) electrons. The fraction of sp³-hybridized carbons (Fsp3) is 0.333. The summed E-state index contributed by atoms with van der Waals surface area (Å²) >= 11 is 0. The topological polar surface area (TPSA) is 51.7 Å². The molecular weight excluding hydrogens is 364 g/mol. The molecular formula is C24H26N2O3. The summed E-state index contributed by atoms with van der Waals surface area (Å²) in [5, 5.41) is 1.08. The number of hydrogen-bond acceptors (Lipinski definition) is 4. The lowest BCUT2D eigenvalue weighted by Gasteiger charge is -2.32. The van der Waals surface area contributed by atoms with Crippen molar-refractivity contribution in [3.05, 3.63) is 66.4 Å². The number of piperidine rings is 1. The summed E-state index contributed by atoms with van der Waals surface area (Å²) < 4.78 is 11.7. The zero-order valence-corrected chi connectivity index (χ0v) is 16.7. The summed E-state index contributed by atoms with van der Waals surface area (Å²) in [6, 6.07) is 17.7. The molecule has 1 aromatic heterocycles. The number of nitrogens with zero attached hydrogens (tertiary/aromatic N) is 2. The van der Waals surface area contributed by atoms with Crippen molar-refractivity contribution in [1.29, 1.82) is 0 Å². The monoisotopic (exact) mass is 390 g/mol. The van der Waals surface area contributed by atoms with Crippen LogP contribution < -0.4 is 9.47 Å². The summed E-state index contributed by atoms with van der Waals surface area (Å²) in [6.45, 7) is 4.04. The molecule has 1 aliphatic rings. The van der Waals surface area contributed by atoms with Gasteiger partial charge in [-0.2, -0.15) is 0 Å². The Labute approximate surface area is 171 Å². The Morgan fingerprint density at radius 3 is 2.59 bits per heavy atom. The molecule has 1 saturated heterocycles. The van der Waals surface area contributed by atoms with E-state index in [-0.39, 0.29) is 12.0 Å². The quantitative estimate of drug-likeness (QED) is 0.632. The van der Waals surface area contributed by atoms with E-state index in [0.717, 1.165) is 53.9 Å². The van der Waals surface area contributed by atoms with E-state index < -0.39 is 0 Å². The van der Waals surface area contributed by atoms with Crippen LogP contribution >= 0.6 is 0 Å². The van der Waals surface area contributed by atoms with Gasteiger partial charge in [-0.05, 0) is 36.8 Å². The van der Waals surface area contributed by atoms with Crippen LogP contribution in [0.2, 0.25) is 0 Å². The summed E-state index contributed by atoms with van der Waals surface area (Å²) in [6.07, 6.45) is 3.98. The van der Waals surface area contributed by atoms with Crippen molar-refractivity contribution in [1.82, 2.24) is 9.88 Å². The normalized spacial score (nSPS) is 14.7. The van der Waals surface area contributed by atoms with E-state index >= 15 is 0 Å². The van der Waals surface area contributed by atoms with Gasteiger partial charge in [-0.1, -0.05) is 30.3 Å². The van der Waals surface area contributed by atoms with Gasteiger partial charge in [0, 0.05) is 37.5 Å². The van der Waals surface area contributed by atoms with Gasteiger partial charge in [-0.3, -0.25) is 9.78 Å². The van der Waals surface area contributed by atoms with Crippen molar-refractivity contribution >= 4 is 16.8 Å². The Morgan fingerprint density at radius 2 is 1.83 bits per heavy atom. The molecule has 3 aromatic rings. The van der Waals surface area contributed by atoms with Crippen molar-refractivity contribution < 1.29 is 14.3 Å². The van der Waals surface area contributed by atoms with Crippen LogP contribution in [0.25, 0.3) is 10.9 Å². The second kappa shape index (κ2) is 8.95. The molecule has 150 valence electrons. The van der Waals surface area contributed by atoms with Gasteiger partial charge in [0.05, 0.1) is 13.0 Å². The van der Waals surface area contributed by atoms with Gasteiger partial charge < -0.3 is 14.4 Å². The Bertz CT molecular complexity index is 958. The van der Waals surface area contributed by atoms with E-state index in [1.807, 2.05) is 66.4 Å². The number of pyridine rings is 1. The number of benzene rings is 2. The zero-order chi connectivity index (χ0) is 20.1. The van der Waals surface area contributed by atoms with Gasteiger partial charge >= 0.3 is 0 Å². The molecule has 2 aromatic carbocycles. The number of para-hydroxylation sites is 1. The smallest absolute Gasteiger partial charge is 0.226 e. The van der Waals surface area contributed by atoms with Crippen LogP contribution in [-0.4, -0.2) is 41.6 Å². The average molecular weight is 390 g/mol. The highest BCUT2D eigenvalue weighted by atomic mass is 16.5. The molecule has 0 spiro atoms. The predicted octanol–water partition coefficient (Wildman–Crippen LogP) is 4.25. The number of rotatable bonds is 6. The third kappa shape index (κ3) is 4.67. The van der Waals surface area contributed by atoms with Crippen LogP contribution in [0.5, 0.6) is 11.5 Å². The maximum atomic E-state index is 12.7. The molecule has 1 amide bonds. The lowest BCUT2D eigenvalue weighted by molar-refractivity contribution is -0.132. The van der Waals surface area contributed by atoms with Gasteiger partial charge in [0.15, 0.2) is 0 Å². The fourth-order valence-corrected chi connectivity index (χ4v) is 3.73. The molecule has 0 N–H and O–H groups in total. The first kappa shape index (κ1) is 19.2. The highest BCUT2D eigenvalue weighted by Gasteiger charge is 2.24. The Kier molecular flexibility index (Phi) is 5.94. The van der Waals surface area contributed by atoms with Gasteiger partial charge in [-0.15, -0.1) is 0 Å². The van der Waals surface area contributed by atoms with Crippen LogP contribution in [0, 0.1) is 0 Å². The first-order chi connectivity index (χ1) is 14.2. The summed E-state index contributed by atoms with van der Waals surface area (Å²) in [7, 11) is 0. The van der Waals surface area contributed by atoms with Gasteiger partial charge in [0.1, 0.15) is 23.1 Å². The molecule has 4 rings (SSSR count). The Balaban J connectivity index is 1.31. The minimum atomic E-state index is 0.108. The van der Waals surface area contributed by atoms with Crippen LogP contribution in [0.3, 0.4) is 0 Å². The molecule has 29 heavy (non-hydrogen) atoms. The SMILES string of the molecule is CCOc1ccc(CC(=O)N2CCC(Oc3cccc4cccnc34)CC2)cc1. The Hall–Kier alpha value is -3.08. The molecule has 0 unspecified atom stereocenters. The first-order valence-electron chi connectivity index (χ1n) is 10.2. The third-order valence-corrected chi connectivity index (χ3v) is 5.27. The highest BCUT2D eigenvalue weighted by Crippen LogP contribution is 2.26. The highest BCUT2D eigenvalue weighted by molar-refractivity contribution is 5.84. The molecule has 0 atom stereocenters. The summed E-state index contributed by atoms with van der Waals surface area (Å²) in [5.41, 5.74) is 1.91. The second-order valence-corrected chi connectivity index (χ2v) is 7.28. The largest absolute Gasteiger partial charge is 0.494 e. The molecule has 5 nitrogen and oxygen atoms in total. The number of hydrogen-bond donors (Lipinski definition) is 0. The van der Waals surface area contributed by atoms with Crippen molar-refractivity contribution in [2.75, 3.05) is 19.7 Å². The van der Waals surface area contributed by atoms with Crippen molar-refractivity contribution in [2.45, 2.75) is 32.3 Å². The fourth-order valence-electron chi connectivity index (χ4n) is 3.73. The molecule has 5 heteroatoms. The van der Waals surface area contributed by atoms with E-state index in [1.165, 1.54) is 0 Å². The van der Waals surface area contributed by atoms with Gasteiger partial charge in [-0.25, -0.2) is 0 Å². The van der Waals surface area contributed by atoms with E-state index in [0.29, 0.717) is 13.0 Å². The van der Waals surface area contributed by atoms with Crippen molar-refractivity contribution in [3.63, 3.8) is 0 Å². The number of amides is 1. The van der Waals surface area contributed by atoms with E-state index in [2.05, 4.69) is 4.98 Å². The molecule has 2 heterocycles. The predicted molar refractivity (Wildman–Crippen MR) is 113 cm³/mol. The number of likely N-dealkylation sites (tertiary alicyclic amines) is 1. The summed E-state index contributed by atoms with van der Waals surface area (Å²) in [5.74, 6) is 1.83. The first-order valence-corrected chi connectivity index (χ1v) is 10.2. The molecule has 0 bridgehead atoms. The number of ether oxygens (including phenoxy) is 2. The van der Waals surface area contributed by atoms with Crippen LogP contribution in [0.1, 0.15) is 25.3 Å². The standard InChI is InChI=1S/C24H26N2O3/c1-2-28-20-10-8-18(9-11-20)17-23(27)26-15-12-21(13-16-26)29-22-7-3-5-19-6-4-14-25-24(19)22/h3-11,14,21H,2,12-13,15-17H2,1H3. The number of fused-ring (bicyclic) bond motifs is 1. The minimum absolute atomic E-state index is 0.108. The maximum Gasteiger partial charge on any atom is 0.226 e. The van der Waals surface area contributed by atoms with E-state index in [4.69, 9.17) is 9.47 Å². The van der Waals surface area contributed by atoms with Crippen LogP contribution in [-0.2, 0) is 11.2 Å². The molecule has 1 aliphatic heterocycles. The molecule has 0 aliphatic carbocycles. The van der Waals surface area contributed by atoms with Gasteiger partial charge in [0.25, 0.3) is 0 Å². The number of aromatic nitrogens is 1. The minimum Gasteiger partial charge on any atom is -0.494 e. The van der Waals surface area contributed by atoms with Crippen molar-refractivity contribution in [3.8, 4) is 11.5 Å². The second-order valence-electron chi connectivity index (χ2n) is 7.28. The third-order valence-electron chi connectivity index (χ3n) is 5.27. The van der Waals surface area contributed by atoms with Crippen LogP contribution in [0.4, 0.5) is 0 Å². The lowest BCUT2D eigenvalue weighted by Crippen LogP contribution is -2.42. The number of carbonyl (C=O) groups is 1. The van der Waals surface area contributed by atoms with Crippen molar-refractivity contribution in [2.24, 2.45) is 0 Å². The Morgan fingerprint density at radius 1 is 1.07 bits per heavy atom. The average Bonchev–Trinajstić information content (AvgIpc) is 2.76. The summed E-state index contributed by atoms with van der Waals surface area (Å²) in [4.78, 5) is 19.1. The lowest BCUT2D eigenvalue weighted by atomic mass is 10.1. The number of carbonyl (C=O) groups excluding carboxylic acids is 1. The van der Waals surface area contributed by atoms with E-state index in [9.17, 15) is 4.79 Å².